The smallest absolute Gasteiger partial charge is 0.203 e. The number of halogens is 1. The molecule has 7 rings (SSSR count). The first-order chi connectivity index (χ1) is 18.8. The molecule has 2 aromatic heterocycles. The number of hydrogen-bond donors (Lipinski definition) is 2. The Bertz CT molecular complexity index is 1730. The highest BCUT2D eigenvalue weighted by Crippen LogP contribution is 2.38. The zero-order valence-corrected chi connectivity index (χ0v) is 22.4. The number of hydrogen-bond acceptors (Lipinski definition) is 8. The molecule has 11 heteroatoms. The minimum absolute atomic E-state index is 0.229. The minimum atomic E-state index is -3.25. The lowest BCUT2D eigenvalue weighted by Gasteiger charge is -2.17. The van der Waals surface area contributed by atoms with Crippen molar-refractivity contribution in [3.05, 3.63) is 65.2 Å². The van der Waals surface area contributed by atoms with Crippen molar-refractivity contribution in [2.45, 2.75) is 29.3 Å². The molecule has 1 unspecified atom stereocenters. The molecule has 5 heterocycles. The van der Waals surface area contributed by atoms with E-state index in [4.69, 9.17) is 30.8 Å². The number of pyridine rings is 1. The lowest BCUT2D eigenvalue weighted by Crippen LogP contribution is -2.34. The number of H-pyrrole nitrogens is 1. The maximum atomic E-state index is 11.8. The fraction of sp³-hybridized carbons (Fsp3) is 0.286. The topological polar surface area (TPSA) is 123 Å². The van der Waals surface area contributed by atoms with E-state index in [1.54, 1.807) is 24.3 Å². The zero-order chi connectivity index (χ0) is 26.9. The summed E-state index contributed by atoms with van der Waals surface area (Å²) in [5.74, 6) is 0.536. The summed E-state index contributed by atoms with van der Waals surface area (Å²) in [5.41, 5.74) is 6.45. The van der Waals surface area contributed by atoms with Crippen LogP contribution < -0.4 is 4.74 Å². The maximum absolute atomic E-state index is 11.8. The van der Waals surface area contributed by atoms with Gasteiger partial charge >= 0.3 is 0 Å². The summed E-state index contributed by atoms with van der Waals surface area (Å²) < 4.78 is 41.3. The van der Waals surface area contributed by atoms with Crippen LogP contribution in [0, 0.1) is 0 Å². The Labute approximate surface area is 229 Å². The number of sulfone groups is 1. The van der Waals surface area contributed by atoms with Gasteiger partial charge in [0, 0.05) is 11.8 Å². The first kappa shape index (κ1) is 24.7. The Morgan fingerprint density at radius 3 is 2.31 bits per heavy atom. The number of nitrogens with one attached hydrogen (secondary N) is 1. The third-order valence-corrected chi connectivity index (χ3v) is 8.73. The van der Waals surface area contributed by atoms with Crippen LogP contribution in [-0.2, 0) is 19.3 Å². The van der Waals surface area contributed by atoms with Crippen LogP contribution in [0.1, 0.15) is 5.56 Å². The summed E-state index contributed by atoms with van der Waals surface area (Å²) in [6.45, 7) is 1.15. The average Bonchev–Trinajstić information content (AvgIpc) is 3.43. The molecule has 4 atom stereocenters. The molecule has 0 radical (unpaired) electrons. The average molecular weight is 566 g/mol. The van der Waals surface area contributed by atoms with Crippen LogP contribution in [-0.4, -0.2) is 79.6 Å². The Kier molecular flexibility index (Phi) is 5.80. The molecule has 0 aliphatic carbocycles. The van der Waals surface area contributed by atoms with Gasteiger partial charge in [-0.15, -0.1) is 0 Å². The second-order valence-electron chi connectivity index (χ2n) is 10.0. The molecule has 0 bridgehead atoms. The lowest BCUT2D eigenvalue weighted by molar-refractivity contribution is 0.00792. The van der Waals surface area contributed by atoms with Crippen LogP contribution >= 0.6 is 11.6 Å². The van der Waals surface area contributed by atoms with E-state index in [0.717, 1.165) is 33.5 Å². The van der Waals surface area contributed by atoms with E-state index < -0.39 is 15.9 Å². The number of aromatic amines is 1. The molecular weight excluding hydrogens is 542 g/mol. The molecule has 200 valence electrons. The second-order valence-corrected chi connectivity index (χ2v) is 12.4. The zero-order valence-electron chi connectivity index (χ0n) is 20.8. The number of ether oxygens (including phenoxy) is 3. The van der Waals surface area contributed by atoms with Gasteiger partial charge in [0.1, 0.15) is 23.8 Å². The first-order valence-corrected chi connectivity index (χ1v) is 14.8. The lowest BCUT2D eigenvalue weighted by atomic mass is 10.0. The standard InChI is InChI=1S/C28H24ClN3O6S/c1-39(34,35)17-8-6-15(7-9-17)14-2-4-16(5-3-14)24-18(29)10-19-25(32-24)23(20-11-30-20)28(31-19)38-22-13-37-26-21(33)12-36-27(22)26/h2-10,21-22,26-27,31,33H,11-13H2,1H3/t21-,22-,26?,27-/m1/s1. The molecule has 2 aromatic carbocycles. The van der Waals surface area contributed by atoms with Crippen LogP contribution in [0.3, 0.4) is 0 Å². The summed E-state index contributed by atoms with van der Waals surface area (Å²) in [6, 6.07) is 16.4. The van der Waals surface area contributed by atoms with Crippen LogP contribution in [0.2, 0.25) is 5.02 Å². The molecule has 2 fully saturated rings. The number of aliphatic hydroxyl groups is 1. The molecule has 2 N–H and O–H groups in total. The normalized spacial score (nSPS) is 24.1. The molecular formula is C28H24ClN3O6S. The third-order valence-electron chi connectivity index (χ3n) is 7.32. The number of nitrogens with zero attached hydrogens (tertiary/aromatic N) is 2. The van der Waals surface area contributed by atoms with Gasteiger partial charge in [0.05, 0.1) is 52.2 Å². The number of aliphatic imine (C=N–C) groups is 1. The van der Waals surface area contributed by atoms with Gasteiger partial charge < -0.3 is 24.3 Å². The van der Waals surface area contributed by atoms with E-state index in [9.17, 15) is 13.5 Å². The van der Waals surface area contributed by atoms with Gasteiger partial charge in [0.15, 0.2) is 15.9 Å². The number of benzene rings is 2. The Morgan fingerprint density at radius 2 is 1.64 bits per heavy atom. The van der Waals surface area contributed by atoms with Crippen molar-refractivity contribution >= 4 is 38.2 Å². The number of fused-ring (bicyclic) bond motifs is 2. The van der Waals surface area contributed by atoms with Gasteiger partial charge in [-0.05, 0) is 29.3 Å². The summed E-state index contributed by atoms with van der Waals surface area (Å²) in [4.78, 5) is 12.9. The van der Waals surface area contributed by atoms with Crippen LogP contribution in [0.25, 0.3) is 33.4 Å². The predicted octanol–water partition coefficient (Wildman–Crippen LogP) is 3.66. The van der Waals surface area contributed by atoms with Crippen LogP contribution in [0.5, 0.6) is 5.88 Å². The monoisotopic (exact) mass is 565 g/mol. The van der Waals surface area contributed by atoms with E-state index in [1.807, 2.05) is 30.3 Å². The summed E-state index contributed by atoms with van der Waals surface area (Å²) in [6.07, 6.45) is -0.555. The van der Waals surface area contributed by atoms with Crippen molar-refractivity contribution in [2.24, 2.45) is 4.99 Å². The molecule has 4 aromatic rings. The molecule has 2 saturated heterocycles. The Hall–Kier alpha value is -3.28. The highest BCUT2D eigenvalue weighted by Gasteiger charge is 2.49. The molecule has 0 amide bonds. The van der Waals surface area contributed by atoms with Crippen molar-refractivity contribution in [3.8, 4) is 28.3 Å². The number of aliphatic hydroxyl groups excluding tert-OH is 1. The largest absolute Gasteiger partial charge is 0.470 e. The van der Waals surface area contributed by atoms with Crippen molar-refractivity contribution < 1.29 is 27.7 Å². The fourth-order valence-electron chi connectivity index (χ4n) is 5.23. The fourth-order valence-corrected chi connectivity index (χ4v) is 6.13. The van der Waals surface area contributed by atoms with Gasteiger partial charge in [-0.2, -0.15) is 0 Å². The highest BCUT2D eigenvalue weighted by atomic mass is 35.5. The third kappa shape index (κ3) is 4.42. The summed E-state index contributed by atoms with van der Waals surface area (Å²) in [5, 5.41) is 10.5. The molecule has 3 aliphatic heterocycles. The van der Waals surface area contributed by atoms with Gasteiger partial charge in [-0.25, -0.2) is 13.4 Å². The van der Waals surface area contributed by atoms with Crippen molar-refractivity contribution in [2.75, 3.05) is 26.0 Å². The van der Waals surface area contributed by atoms with E-state index in [2.05, 4.69) is 9.98 Å². The summed E-state index contributed by atoms with van der Waals surface area (Å²) in [7, 11) is -3.25. The molecule has 39 heavy (non-hydrogen) atoms. The minimum Gasteiger partial charge on any atom is -0.470 e. The molecule has 9 nitrogen and oxygen atoms in total. The Balaban J connectivity index is 1.20. The highest BCUT2D eigenvalue weighted by molar-refractivity contribution is 7.90. The van der Waals surface area contributed by atoms with Crippen molar-refractivity contribution in [3.63, 3.8) is 0 Å². The van der Waals surface area contributed by atoms with Crippen molar-refractivity contribution in [1.29, 1.82) is 0 Å². The molecule has 0 saturated carbocycles. The van der Waals surface area contributed by atoms with Gasteiger partial charge in [0.2, 0.25) is 5.88 Å². The maximum Gasteiger partial charge on any atom is 0.203 e. The van der Waals surface area contributed by atoms with Crippen LogP contribution in [0.4, 0.5) is 0 Å². The summed E-state index contributed by atoms with van der Waals surface area (Å²) >= 11 is 6.69. The second kappa shape index (κ2) is 9.14. The number of aromatic nitrogens is 2. The van der Waals surface area contributed by atoms with E-state index >= 15 is 0 Å². The van der Waals surface area contributed by atoms with Gasteiger partial charge in [-0.3, -0.25) is 4.99 Å². The Morgan fingerprint density at radius 1 is 1.00 bits per heavy atom. The van der Waals surface area contributed by atoms with Crippen molar-refractivity contribution in [1.82, 2.24) is 9.97 Å². The van der Waals surface area contributed by atoms with Gasteiger partial charge in [-0.1, -0.05) is 48.0 Å². The predicted molar refractivity (Wildman–Crippen MR) is 146 cm³/mol. The van der Waals surface area contributed by atoms with Gasteiger partial charge in [0.25, 0.3) is 0 Å². The number of rotatable bonds is 6. The van der Waals surface area contributed by atoms with E-state index in [1.165, 1.54) is 6.26 Å². The quantitative estimate of drug-likeness (QED) is 0.366. The van der Waals surface area contributed by atoms with E-state index in [0.29, 0.717) is 35.3 Å². The van der Waals surface area contributed by atoms with E-state index in [-0.39, 0.29) is 29.8 Å². The SMILES string of the molecule is CS(=O)(=O)c1ccc(-c2ccc(-c3nc4c(C5=NC5)c(O[C@@H]5COC6[C@H](O)CO[C@@H]65)[nH]c4cc3Cl)cc2)cc1. The molecule has 3 aliphatic rings. The molecule has 0 spiro atoms. The van der Waals surface area contributed by atoms with Crippen LogP contribution in [0.15, 0.2) is 64.5 Å². The first-order valence-electron chi connectivity index (χ1n) is 12.5.